The molecule has 1 saturated heterocycles. The van der Waals surface area contributed by atoms with Crippen molar-refractivity contribution in [3.8, 4) is 0 Å². The van der Waals surface area contributed by atoms with Crippen LogP contribution in [0.1, 0.15) is 32.6 Å². The zero-order valence-corrected chi connectivity index (χ0v) is 7.58. The highest BCUT2D eigenvalue weighted by atomic mass is 16.3. The number of likely N-dealkylation sites (tertiary alicyclic amines) is 1. The highest BCUT2D eigenvalue weighted by Crippen LogP contribution is 2.18. The average molecular weight is 157 g/mol. The lowest BCUT2D eigenvalue weighted by atomic mass is 9.98. The third-order valence-corrected chi connectivity index (χ3v) is 2.53. The summed E-state index contributed by atoms with van der Waals surface area (Å²) >= 11 is 0. The summed E-state index contributed by atoms with van der Waals surface area (Å²) in [5, 5.41) is 9.20. The Bertz CT molecular complexity index is 114. The van der Waals surface area contributed by atoms with Gasteiger partial charge in [0.05, 0.1) is 6.10 Å². The van der Waals surface area contributed by atoms with Gasteiger partial charge in [0.25, 0.3) is 0 Å². The number of aliphatic hydroxyl groups is 1. The quantitative estimate of drug-likeness (QED) is 0.652. The molecule has 1 aliphatic heterocycles. The van der Waals surface area contributed by atoms with Crippen molar-refractivity contribution in [1.82, 2.24) is 4.90 Å². The van der Waals surface area contributed by atoms with E-state index in [1.165, 1.54) is 25.8 Å². The minimum absolute atomic E-state index is 0.138. The molecule has 11 heavy (non-hydrogen) atoms. The summed E-state index contributed by atoms with van der Waals surface area (Å²) in [6.07, 6.45) is 4.73. The molecule has 1 fully saturated rings. The molecule has 1 heterocycles. The first-order valence-corrected chi connectivity index (χ1v) is 4.58. The maximum atomic E-state index is 9.20. The number of hydrogen-bond acceptors (Lipinski definition) is 2. The van der Waals surface area contributed by atoms with Gasteiger partial charge in [-0.1, -0.05) is 6.42 Å². The van der Waals surface area contributed by atoms with Gasteiger partial charge < -0.3 is 10.0 Å². The van der Waals surface area contributed by atoms with E-state index in [9.17, 15) is 5.11 Å². The minimum atomic E-state index is -0.138. The van der Waals surface area contributed by atoms with Crippen LogP contribution in [-0.2, 0) is 0 Å². The smallest absolute Gasteiger partial charge is 0.0527 e. The Morgan fingerprint density at radius 2 is 2.27 bits per heavy atom. The van der Waals surface area contributed by atoms with Crippen molar-refractivity contribution in [2.45, 2.75) is 44.8 Å². The molecule has 1 rings (SSSR count). The Kier molecular flexibility index (Phi) is 3.34. The standard InChI is InChI=1S/C9H19NO/c1-8(11)7-9-5-3-4-6-10(9)2/h8-9,11H,3-7H2,1-2H3/t8-,9-/m1/s1. The summed E-state index contributed by atoms with van der Waals surface area (Å²) in [5.74, 6) is 0. The largest absolute Gasteiger partial charge is 0.393 e. The fourth-order valence-corrected chi connectivity index (χ4v) is 1.84. The summed E-state index contributed by atoms with van der Waals surface area (Å²) in [6, 6.07) is 0.628. The molecule has 0 spiro atoms. The van der Waals surface area contributed by atoms with Gasteiger partial charge in [0.15, 0.2) is 0 Å². The molecule has 1 N–H and O–H groups in total. The van der Waals surface area contributed by atoms with Crippen LogP contribution in [0.2, 0.25) is 0 Å². The van der Waals surface area contributed by atoms with Crippen molar-refractivity contribution in [3.63, 3.8) is 0 Å². The van der Waals surface area contributed by atoms with Crippen molar-refractivity contribution >= 4 is 0 Å². The highest BCUT2D eigenvalue weighted by molar-refractivity contribution is 4.75. The third kappa shape index (κ3) is 2.80. The van der Waals surface area contributed by atoms with E-state index in [1.54, 1.807) is 0 Å². The van der Waals surface area contributed by atoms with Crippen LogP contribution in [-0.4, -0.2) is 35.7 Å². The predicted octanol–water partition coefficient (Wildman–Crippen LogP) is 1.24. The van der Waals surface area contributed by atoms with Gasteiger partial charge in [0, 0.05) is 6.04 Å². The third-order valence-electron chi connectivity index (χ3n) is 2.53. The maximum absolute atomic E-state index is 9.20. The Morgan fingerprint density at radius 3 is 2.82 bits per heavy atom. The molecule has 2 heteroatoms. The van der Waals surface area contributed by atoms with E-state index in [1.807, 2.05) is 6.92 Å². The molecule has 0 aromatic heterocycles. The number of piperidine rings is 1. The summed E-state index contributed by atoms with van der Waals surface area (Å²) < 4.78 is 0. The topological polar surface area (TPSA) is 23.5 Å². The SMILES string of the molecule is C[C@@H](O)C[C@H]1CCCCN1C. The molecule has 0 saturated carbocycles. The monoisotopic (exact) mass is 157 g/mol. The summed E-state index contributed by atoms with van der Waals surface area (Å²) in [5.41, 5.74) is 0. The maximum Gasteiger partial charge on any atom is 0.0527 e. The van der Waals surface area contributed by atoms with Crippen molar-refractivity contribution < 1.29 is 5.11 Å². The van der Waals surface area contributed by atoms with Crippen LogP contribution in [0.5, 0.6) is 0 Å². The van der Waals surface area contributed by atoms with Crippen LogP contribution in [0.3, 0.4) is 0 Å². The van der Waals surface area contributed by atoms with Crippen molar-refractivity contribution in [2.24, 2.45) is 0 Å². The van der Waals surface area contributed by atoms with Crippen LogP contribution < -0.4 is 0 Å². The van der Waals surface area contributed by atoms with E-state index in [-0.39, 0.29) is 6.10 Å². The molecule has 1 aliphatic rings. The number of nitrogens with zero attached hydrogens (tertiary/aromatic N) is 1. The Balaban J connectivity index is 2.29. The fraction of sp³-hybridized carbons (Fsp3) is 1.00. The zero-order valence-electron chi connectivity index (χ0n) is 7.58. The van der Waals surface area contributed by atoms with Gasteiger partial charge in [-0.3, -0.25) is 0 Å². The number of hydrogen-bond donors (Lipinski definition) is 1. The van der Waals surface area contributed by atoms with Crippen molar-refractivity contribution in [3.05, 3.63) is 0 Å². The average Bonchev–Trinajstić information content (AvgIpc) is 1.93. The Morgan fingerprint density at radius 1 is 1.55 bits per heavy atom. The molecule has 0 amide bonds. The van der Waals surface area contributed by atoms with E-state index >= 15 is 0 Å². The summed E-state index contributed by atoms with van der Waals surface area (Å²) in [4.78, 5) is 2.37. The van der Waals surface area contributed by atoms with Crippen LogP contribution in [0.15, 0.2) is 0 Å². The second-order valence-electron chi connectivity index (χ2n) is 3.71. The zero-order chi connectivity index (χ0) is 8.27. The van der Waals surface area contributed by atoms with Crippen LogP contribution >= 0.6 is 0 Å². The van der Waals surface area contributed by atoms with E-state index < -0.39 is 0 Å². The lowest BCUT2D eigenvalue weighted by Crippen LogP contribution is -2.38. The van der Waals surface area contributed by atoms with Crippen LogP contribution in [0.25, 0.3) is 0 Å². The lowest BCUT2D eigenvalue weighted by Gasteiger charge is -2.33. The molecule has 0 bridgehead atoms. The molecule has 66 valence electrons. The fourth-order valence-electron chi connectivity index (χ4n) is 1.84. The van der Waals surface area contributed by atoms with Gasteiger partial charge in [-0.2, -0.15) is 0 Å². The summed E-state index contributed by atoms with van der Waals surface area (Å²) in [7, 11) is 2.16. The van der Waals surface area contributed by atoms with Crippen molar-refractivity contribution in [1.29, 1.82) is 0 Å². The van der Waals surface area contributed by atoms with Crippen molar-refractivity contribution in [2.75, 3.05) is 13.6 Å². The normalized spacial score (nSPS) is 30.3. The van der Waals surface area contributed by atoms with Gasteiger partial charge in [-0.05, 0) is 39.8 Å². The molecule has 2 atom stereocenters. The van der Waals surface area contributed by atoms with Gasteiger partial charge >= 0.3 is 0 Å². The van der Waals surface area contributed by atoms with Gasteiger partial charge in [-0.25, -0.2) is 0 Å². The van der Waals surface area contributed by atoms with E-state index in [0.29, 0.717) is 6.04 Å². The summed E-state index contributed by atoms with van der Waals surface area (Å²) in [6.45, 7) is 3.08. The van der Waals surface area contributed by atoms with Crippen LogP contribution in [0.4, 0.5) is 0 Å². The van der Waals surface area contributed by atoms with Gasteiger partial charge in [0.2, 0.25) is 0 Å². The molecule has 0 aromatic rings. The van der Waals surface area contributed by atoms with E-state index in [2.05, 4.69) is 11.9 Å². The van der Waals surface area contributed by atoms with E-state index in [4.69, 9.17) is 0 Å². The molecule has 2 nitrogen and oxygen atoms in total. The number of aliphatic hydroxyl groups excluding tert-OH is 1. The first-order chi connectivity index (χ1) is 5.20. The highest BCUT2D eigenvalue weighted by Gasteiger charge is 2.19. The Hall–Kier alpha value is -0.0800. The van der Waals surface area contributed by atoms with Gasteiger partial charge in [-0.15, -0.1) is 0 Å². The molecule has 0 aromatic carbocycles. The second kappa shape index (κ2) is 4.07. The predicted molar refractivity (Wildman–Crippen MR) is 46.6 cm³/mol. The second-order valence-corrected chi connectivity index (χ2v) is 3.71. The van der Waals surface area contributed by atoms with Crippen LogP contribution in [0, 0.1) is 0 Å². The molecule has 0 radical (unpaired) electrons. The number of rotatable bonds is 2. The van der Waals surface area contributed by atoms with Gasteiger partial charge in [0.1, 0.15) is 0 Å². The molecule has 0 unspecified atom stereocenters. The lowest BCUT2D eigenvalue weighted by molar-refractivity contribution is 0.105. The first kappa shape index (κ1) is 9.01. The minimum Gasteiger partial charge on any atom is -0.393 e. The molecule has 0 aliphatic carbocycles. The Labute approximate surface area is 69.2 Å². The molecular weight excluding hydrogens is 138 g/mol. The van der Waals surface area contributed by atoms with E-state index in [0.717, 1.165) is 6.42 Å². The molecular formula is C9H19NO. The first-order valence-electron chi connectivity index (χ1n) is 4.58.